The summed E-state index contributed by atoms with van der Waals surface area (Å²) in [5.41, 5.74) is 6.35. The summed E-state index contributed by atoms with van der Waals surface area (Å²) in [6, 6.07) is 4.60. The molecule has 0 atom stereocenters. The van der Waals surface area contributed by atoms with E-state index in [1.165, 1.54) is 6.07 Å². The highest BCUT2D eigenvalue weighted by molar-refractivity contribution is 6.34. The lowest BCUT2D eigenvalue weighted by Crippen LogP contribution is -2.16. The topological polar surface area (TPSA) is 64.3 Å². The van der Waals surface area contributed by atoms with Crippen molar-refractivity contribution in [3.63, 3.8) is 0 Å². The van der Waals surface area contributed by atoms with Crippen LogP contribution in [0.25, 0.3) is 0 Å². The summed E-state index contributed by atoms with van der Waals surface area (Å²) in [7, 11) is 0. The molecule has 3 N–H and O–H groups in total. The quantitative estimate of drug-likeness (QED) is 0.626. The van der Waals surface area contributed by atoms with Crippen molar-refractivity contribution in [2.75, 3.05) is 24.3 Å². The summed E-state index contributed by atoms with van der Waals surface area (Å²) in [5.74, 6) is -0.399. The number of hydrogen-bond acceptors (Lipinski definition) is 3. The summed E-state index contributed by atoms with van der Waals surface area (Å²) in [6.45, 7) is -0.548. The van der Waals surface area contributed by atoms with Gasteiger partial charge in [0.15, 0.2) is 0 Å². The molecule has 0 radical (unpaired) electrons. The SMILES string of the molecule is Nc1ccc(NC(=O)CCOCCC(F)(F)F)c(Cl)c1. The Morgan fingerprint density at radius 2 is 2.05 bits per heavy atom. The van der Waals surface area contributed by atoms with E-state index in [2.05, 4.69) is 5.32 Å². The van der Waals surface area contributed by atoms with E-state index in [-0.39, 0.29) is 18.1 Å². The maximum absolute atomic E-state index is 11.8. The fourth-order valence-electron chi connectivity index (χ4n) is 1.30. The summed E-state index contributed by atoms with van der Waals surface area (Å²) >= 11 is 5.86. The first-order chi connectivity index (χ1) is 9.28. The number of nitrogens with two attached hydrogens (primary N) is 1. The number of carbonyl (C=O) groups excluding carboxylic acids is 1. The van der Waals surface area contributed by atoms with Crippen LogP contribution < -0.4 is 11.1 Å². The minimum atomic E-state index is -4.25. The molecule has 1 amide bonds. The number of amides is 1. The molecule has 20 heavy (non-hydrogen) atoms. The van der Waals surface area contributed by atoms with Gasteiger partial charge in [-0.15, -0.1) is 0 Å². The van der Waals surface area contributed by atoms with Gasteiger partial charge in [0, 0.05) is 5.69 Å². The second kappa shape index (κ2) is 7.35. The van der Waals surface area contributed by atoms with Crippen LogP contribution in [0.4, 0.5) is 24.5 Å². The number of nitrogens with one attached hydrogen (secondary N) is 1. The van der Waals surface area contributed by atoms with Gasteiger partial charge in [0.1, 0.15) is 0 Å². The predicted molar refractivity (Wildman–Crippen MR) is 70.6 cm³/mol. The van der Waals surface area contributed by atoms with E-state index in [9.17, 15) is 18.0 Å². The van der Waals surface area contributed by atoms with Crippen molar-refractivity contribution in [2.24, 2.45) is 0 Å². The Morgan fingerprint density at radius 1 is 1.35 bits per heavy atom. The predicted octanol–water partition coefficient (Wildman–Crippen LogP) is 3.22. The normalized spacial score (nSPS) is 11.4. The number of hydrogen-bond donors (Lipinski definition) is 2. The third-order valence-electron chi connectivity index (χ3n) is 2.27. The average Bonchev–Trinajstić information content (AvgIpc) is 2.31. The van der Waals surface area contributed by atoms with Crippen LogP contribution in [0.2, 0.25) is 5.02 Å². The molecule has 0 saturated carbocycles. The van der Waals surface area contributed by atoms with Crippen LogP contribution in [0.15, 0.2) is 18.2 Å². The largest absolute Gasteiger partial charge is 0.399 e. The fraction of sp³-hybridized carbons (Fsp3) is 0.417. The zero-order valence-corrected chi connectivity index (χ0v) is 11.2. The number of carbonyl (C=O) groups is 1. The van der Waals surface area contributed by atoms with E-state index in [1.807, 2.05) is 0 Å². The molecule has 4 nitrogen and oxygen atoms in total. The van der Waals surface area contributed by atoms with E-state index < -0.39 is 25.1 Å². The molecule has 0 fully saturated rings. The zero-order valence-electron chi connectivity index (χ0n) is 10.5. The van der Waals surface area contributed by atoms with E-state index in [4.69, 9.17) is 22.1 Å². The van der Waals surface area contributed by atoms with Crippen LogP contribution in [0.3, 0.4) is 0 Å². The van der Waals surface area contributed by atoms with Crippen LogP contribution in [0.5, 0.6) is 0 Å². The Morgan fingerprint density at radius 3 is 2.65 bits per heavy atom. The van der Waals surface area contributed by atoms with Crippen LogP contribution in [-0.2, 0) is 9.53 Å². The van der Waals surface area contributed by atoms with E-state index in [0.717, 1.165) is 0 Å². The molecule has 0 aromatic heterocycles. The van der Waals surface area contributed by atoms with Gasteiger partial charge in [-0.25, -0.2) is 0 Å². The van der Waals surface area contributed by atoms with Crippen molar-refractivity contribution in [1.82, 2.24) is 0 Å². The van der Waals surface area contributed by atoms with Crippen LogP contribution in [-0.4, -0.2) is 25.3 Å². The second-order valence-corrected chi connectivity index (χ2v) is 4.42. The van der Waals surface area contributed by atoms with Crippen LogP contribution in [0, 0.1) is 0 Å². The number of halogens is 4. The molecule has 1 aromatic carbocycles. The first-order valence-electron chi connectivity index (χ1n) is 5.77. The van der Waals surface area contributed by atoms with Gasteiger partial charge in [0.25, 0.3) is 0 Å². The number of ether oxygens (including phenoxy) is 1. The van der Waals surface area contributed by atoms with Crippen molar-refractivity contribution in [3.8, 4) is 0 Å². The van der Waals surface area contributed by atoms with Gasteiger partial charge in [-0.05, 0) is 18.2 Å². The highest BCUT2D eigenvalue weighted by Gasteiger charge is 2.26. The second-order valence-electron chi connectivity index (χ2n) is 4.02. The molecular weight excluding hydrogens is 297 g/mol. The van der Waals surface area contributed by atoms with Gasteiger partial charge in [0.2, 0.25) is 5.91 Å². The molecule has 1 aromatic rings. The van der Waals surface area contributed by atoms with Crippen LogP contribution >= 0.6 is 11.6 Å². The Labute approximate surface area is 119 Å². The van der Waals surface area contributed by atoms with Crippen molar-refractivity contribution >= 4 is 28.9 Å². The lowest BCUT2D eigenvalue weighted by molar-refractivity contribution is -0.145. The van der Waals surface area contributed by atoms with E-state index in [0.29, 0.717) is 11.4 Å². The molecule has 1 rings (SSSR count). The standard InChI is InChI=1S/C12H14ClF3N2O2/c13-9-7-8(17)1-2-10(9)18-11(19)3-5-20-6-4-12(14,15)16/h1-2,7H,3-6,17H2,(H,18,19). The molecule has 0 unspecified atom stereocenters. The zero-order chi connectivity index (χ0) is 15.2. The third kappa shape index (κ3) is 6.63. The van der Waals surface area contributed by atoms with Gasteiger partial charge < -0.3 is 15.8 Å². The van der Waals surface area contributed by atoms with E-state index in [1.54, 1.807) is 12.1 Å². The van der Waals surface area contributed by atoms with Gasteiger partial charge in [0.05, 0.1) is 36.8 Å². The minimum Gasteiger partial charge on any atom is -0.399 e. The maximum Gasteiger partial charge on any atom is 0.391 e. The Bertz CT molecular complexity index is 467. The molecule has 0 spiro atoms. The van der Waals surface area contributed by atoms with Gasteiger partial charge in [-0.1, -0.05) is 11.6 Å². The number of alkyl halides is 3. The minimum absolute atomic E-state index is 0.0570. The number of nitrogen functional groups attached to an aromatic ring is 1. The summed E-state index contributed by atoms with van der Waals surface area (Å²) in [6.07, 6.45) is -5.34. The first-order valence-corrected chi connectivity index (χ1v) is 6.15. The van der Waals surface area contributed by atoms with Crippen molar-refractivity contribution in [1.29, 1.82) is 0 Å². The summed E-state index contributed by atoms with van der Waals surface area (Å²) in [4.78, 5) is 11.5. The number of anilines is 2. The highest BCUT2D eigenvalue weighted by Crippen LogP contribution is 2.24. The summed E-state index contributed by atoms with van der Waals surface area (Å²) in [5, 5.41) is 2.80. The van der Waals surface area contributed by atoms with Crippen molar-refractivity contribution in [2.45, 2.75) is 19.0 Å². The molecule has 8 heteroatoms. The lowest BCUT2D eigenvalue weighted by Gasteiger charge is -2.09. The van der Waals surface area contributed by atoms with Gasteiger partial charge >= 0.3 is 6.18 Å². The number of rotatable bonds is 6. The van der Waals surface area contributed by atoms with Crippen LogP contribution in [0.1, 0.15) is 12.8 Å². The van der Waals surface area contributed by atoms with Gasteiger partial charge in [-0.3, -0.25) is 4.79 Å². The average molecular weight is 311 g/mol. The Hall–Kier alpha value is -1.47. The third-order valence-corrected chi connectivity index (χ3v) is 2.58. The van der Waals surface area contributed by atoms with Gasteiger partial charge in [-0.2, -0.15) is 13.2 Å². The van der Waals surface area contributed by atoms with Crippen molar-refractivity contribution in [3.05, 3.63) is 23.2 Å². The number of benzene rings is 1. The molecule has 0 aliphatic rings. The monoisotopic (exact) mass is 310 g/mol. The molecule has 0 aliphatic heterocycles. The molecule has 112 valence electrons. The Kier molecular flexibility index (Phi) is 6.09. The fourth-order valence-corrected chi connectivity index (χ4v) is 1.54. The Balaban J connectivity index is 2.27. The maximum atomic E-state index is 11.8. The summed E-state index contributed by atoms with van der Waals surface area (Å²) < 4.78 is 40.2. The van der Waals surface area contributed by atoms with Crippen molar-refractivity contribution < 1.29 is 22.7 Å². The molecule has 0 saturated heterocycles. The molecular formula is C12H14ClF3N2O2. The van der Waals surface area contributed by atoms with E-state index >= 15 is 0 Å². The smallest absolute Gasteiger partial charge is 0.391 e. The molecule has 0 heterocycles. The highest BCUT2D eigenvalue weighted by atomic mass is 35.5. The molecule has 0 bridgehead atoms. The lowest BCUT2D eigenvalue weighted by atomic mass is 10.2. The molecule has 0 aliphatic carbocycles. The first kappa shape index (κ1) is 16.6.